The summed E-state index contributed by atoms with van der Waals surface area (Å²) in [5.74, 6) is -1.23. The number of carbonyl (C=O) groups excluding carboxylic acids is 1. The van der Waals surface area contributed by atoms with Gasteiger partial charge in [0.2, 0.25) is 11.8 Å². The van der Waals surface area contributed by atoms with Crippen molar-refractivity contribution in [2.75, 3.05) is 0 Å². The number of benzene rings is 2. The third-order valence-electron chi connectivity index (χ3n) is 3.59. The highest BCUT2D eigenvalue weighted by Crippen LogP contribution is 2.20. The highest BCUT2D eigenvalue weighted by molar-refractivity contribution is 5.75. The Hall–Kier alpha value is -3.49. The molecule has 27 heavy (non-hydrogen) atoms. The first-order valence-electron chi connectivity index (χ1n) is 7.95. The molecule has 1 amide bonds. The largest absolute Gasteiger partial charge is 0.437 e. The number of alkyl halides is 2. The maximum atomic E-state index is 12.4. The Morgan fingerprint density at radius 2 is 1.85 bits per heavy atom. The lowest BCUT2D eigenvalue weighted by atomic mass is 10.2. The van der Waals surface area contributed by atoms with Gasteiger partial charge in [-0.3, -0.25) is 4.79 Å². The summed E-state index contributed by atoms with van der Waals surface area (Å²) in [6, 6.07) is 14.9. The maximum absolute atomic E-state index is 12.4. The lowest BCUT2D eigenvalue weighted by Crippen LogP contribution is -2.31. The van der Waals surface area contributed by atoms with Crippen LogP contribution in [0.15, 0.2) is 63.8 Å². The Bertz CT molecular complexity index is 970. The summed E-state index contributed by atoms with van der Waals surface area (Å²) in [4.78, 5) is 23.9. The maximum Gasteiger partial charge on any atom is 0.437 e. The van der Waals surface area contributed by atoms with Crippen LogP contribution in [0, 0.1) is 0 Å². The lowest BCUT2D eigenvalue weighted by molar-refractivity contribution is -0.122. The number of aromatic nitrogens is 2. The van der Waals surface area contributed by atoms with E-state index >= 15 is 0 Å². The van der Waals surface area contributed by atoms with Crippen LogP contribution in [-0.2, 0) is 17.9 Å². The minimum atomic E-state index is -2.97. The van der Waals surface area contributed by atoms with Crippen LogP contribution in [-0.4, -0.2) is 22.3 Å². The average Bonchev–Trinajstić information content (AvgIpc) is 3.02. The van der Waals surface area contributed by atoms with Crippen LogP contribution in [0.25, 0.3) is 11.5 Å². The molecule has 0 fully saturated rings. The van der Waals surface area contributed by atoms with Gasteiger partial charge in [-0.1, -0.05) is 36.4 Å². The predicted octanol–water partition coefficient (Wildman–Crippen LogP) is 2.42. The van der Waals surface area contributed by atoms with Crippen LogP contribution in [0.2, 0.25) is 0 Å². The topological polar surface area (TPSA) is 86.4 Å². The zero-order chi connectivity index (χ0) is 19.2. The first-order chi connectivity index (χ1) is 13.0. The number of halogens is 2. The Kier molecular flexibility index (Phi) is 5.60. The number of para-hydroxylation sites is 1. The molecule has 1 aromatic heterocycles. The molecule has 0 aliphatic rings. The number of rotatable bonds is 7. The van der Waals surface area contributed by atoms with Crippen LogP contribution in [0.3, 0.4) is 0 Å². The van der Waals surface area contributed by atoms with Crippen molar-refractivity contribution >= 4 is 5.91 Å². The minimum absolute atomic E-state index is 0.0298. The van der Waals surface area contributed by atoms with E-state index in [1.165, 1.54) is 6.07 Å². The third-order valence-corrected chi connectivity index (χ3v) is 3.59. The van der Waals surface area contributed by atoms with E-state index in [9.17, 15) is 18.4 Å². The van der Waals surface area contributed by atoms with Crippen LogP contribution < -0.4 is 15.8 Å². The van der Waals surface area contributed by atoms with E-state index in [1.54, 1.807) is 42.5 Å². The van der Waals surface area contributed by atoms with Crippen LogP contribution in [0.5, 0.6) is 5.75 Å². The smallest absolute Gasteiger partial charge is 0.434 e. The number of nitrogens with zero attached hydrogens (tertiary/aromatic N) is 2. The Balaban J connectivity index is 1.64. The van der Waals surface area contributed by atoms with Gasteiger partial charge in [0.15, 0.2) is 0 Å². The first kappa shape index (κ1) is 18.3. The standard InChI is InChI=1S/C18H15F2N3O4/c19-17(20)26-14-9-5-4-8-13(14)10-21-15(24)11-23-18(25)27-16(22-23)12-6-2-1-3-7-12/h1-9,17H,10-11H2,(H,21,24). The normalized spacial score (nSPS) is 10.8. The van der Waals surface area contributed by atoms with Gasteiger partial charge in [0.25, 0.3) is 0 Å². The van der Waals surface area contributed by atoms with E-state index in [0.717, 1.165) is 4.68 Å². The van der Waals surface area contributed by atoms with E-state index in [-0.39, 0.29) is 24.7 Å². The average molecular weight is 375 g/mol. The van der Waals surface area contributed by atoms with Crippen LogP contribution in [0.1, 0.15) is 5.56 Å². The molecule has 1 N–H and O–H groups in total. The zero-order valence-electron chi connectivity index (χ0n) is 14.0. The second-order valence-electron chi connectivity index (χ2n) is 5.46. The van der Waals surface area contributed by atoms with Gasteiger partial charge in [-0.2, -0.15) is 13.5 Å². The van der Waals surface area contributed by atoms with E-state index < -0.39 is 18.3 Å². The molecule has 3 aromatic rings. The van der Waals surface area contributed by atoms with Crippen molar-refractivity contribution in [2.45, 2.75) is 19.7 Å². The van der Waals surface area contributed by atoms with E-state index in [1.807, 2.05) is 6.07 Å². The Labute approximate surface area is 152 Å². The summed E-state index contributed by atoms with van der Waals surface area (Å²) < 4.78 is 35.1. The van der Waals surface area contributed by atoms with Gasteiger partial charge in [0.05, 0.1) is 0 Å². The summed E-state index contributed by atoms with van der Waals surface area (Å²) in [6.07, 6.45) is 0. The van der Waals surface area contributed by atoms with Crippen molar-refractivity contribution in [3.05, 3.63) is 70.7 Å². The van der Waals surface area contributed by atoms with Crippen molar-refractivity contribution in [1.29, 1.82) is 0 Å². The fourth-order valence-electron chi connectivity index (χ4n) is 2.35. The SMILES string of the molecule is O=C(Cn1nc(-c2ccccc2)oc1=O)NCc1ccccc1OC(F)F. The highest BCUT2D eigenvalue weighted by Gasteiger charge is 2.14. The number of nitrogens with one attached hydrogen (secondary N) is 1. The predicted molar refractivity (Wildman–Crippen MR) is 91.1 cm³/mol. The number of amides is 1. The summed E-state index contributed by atoms with van der Waals surface area (Å²) in [5, 5.41) is 6.52. The second-order valence-corrected chi connectivity index (χ2v) is 5.46. The molecular weight excluding hydrogens is 360 g/mol. The lowest BCUT2D eigenvalue weighted by Gasteiger charge is -2.11. The molecule has 3 rings (SSSR count). The molecule has 0 radical (unpaired) electrons. The van der Waals surface area contributed by atoms with Crippen molar-refractivity contribution < 1.29 is 22.7 Å². The Morgan fingerprint density at radius 3 is 2.59 bits per heavy atom. The zero-order valence-corrected chi connectivity index (χ0v) is 14.0. The molecule has 7 nitrogen and oxygen atoms in total. The fourth-order valence-corrected chi connectivity index (χ4v) is 2.35. The van der Waals surface area contributed by atoms with Gasteiger partial charge in [0, 0.05) is 17.7 Å². The molecule has 0 aliphatic carbocycles. The molecule has 1 heterocycles. The molecule has 0 spiro atoms. The number of hydrogen-bond donors (Lipinski definition) is 1. The number of hydrogen-bond acceptors (Lipinski definition) is 5. The van der Waals surface area contributed by atoms with E-state index in [4.69, 9.17) is 4.42 Å². The van der Waals surface area contributed by atoms with Crippen molar-refractivity contribution in [2.24, 2.45) is 0 Å². The van der Waals surface area contributed by atoms with Crippen molar-refractivity contribution in [1.82, 2.24) is 15.1 Å². The molecule has 140 valence electrons. The Morgan fingerprint density at radius 1 is 1.15 bits per heavy atom. The van der Waals surface area contributed by atoms with Gasteiger partial charge in [0.1, 0.15) is 12.3 Å². The van der Waals surface area contributed by atoms with Crippen molar-refractivity contribution in [3.8, 4) is 17.2 Å². The highest BCUT2D eigenvalue weighted by atomic mass is 19.3. The molecular formula is C18H15F2N3O4. The van der Waals surface area contributed by atoms with Gasteiger partial charge < -0.3 is 14.5 Å². The van der Waals surface area contributed by atoms with E-state index in [0.29, 0.717) is 11.1 Å². The van der Waals surface area contributed by atoms with Crippen LogP contribution >= 0.6 is 0 Å². The van der Waals surface area contributed by atoms with Gasteiger partial charge in [-0.25, -0.2) is 4.79 Å². The van der Waals surface area contributed by atoms with Gasteiger partial charge in [-0.05, 0) is 18.2 Å². The fraction of sp³-hybridized carbons (Fsp3) is 0.167. The number of ether oxygens (including phenoxy) is 1. The number of carbonyl (C=O) groups is 1. The second kappa shape index (κ2) is 8.26. The molecule has 0 saturated carbocycles. The molecule has 0 aliphatic heterocycles. The summed E-state index contributed by atoms with van der Waals surface area (Å²) in [7, 11) is 0. The first-order valence-corrected chi connectivity index (χ1v) is 7.95. The summed E-state index contributed by atoms with van der Waals surface area (Å²) >= 11 is 0. The van der Waals surface area contributed by atoms with Crippen LogP contribution in [0.4, 0.5) is 8.78 Å². The molecule has 0 bridgehead atoms. The monoisotopic (exact) mass is 375 g/mol. The quantitative estimate of drug-likeness (QED) is 0.685. The minimum Gasteiger partial charge on any atom is -0.434 e. The van der Waals surface area contributed by atoms with Gasteiger partial charge in [-0.15, -0.1) is 5.10 Å². The molecule has 9 heteroatoms. The molecule has 0 unspecified atom stereocenters. The summed E-state index contributed by atoms with van der Waals surface area (Å²) in [6.45, 7) is -3.38. The van der Waals surface area contributed by atoms with Gasteiger partial charge >= 0.3 is 12.4 Å². The molecule has 0 saturated heterocycles. The summed E-state index contributed by atoms with van der Waals surface area (Å²) in [5.41, 5.74) is 0.982. The third kappa shape index (κ3) is 4.78. The molecule has 2 aromatic carbocycles. The molecule has 0 atom stereocenters. The van der Waals surface area contributed by atoms with E-state index in [2.05, 4.69) is 15.2 Å². The van der Waals surface area contributed by atoms with Crippen molar-refractivity contribution in [3.63, 3.8) is 0 Å².